The van der Waals surface area contributed by atoms with Crippen molar-refractivity contribution in [3.63, 3.8) is 0 Å². The number of morpholine rings is 1. The first-order valence-corrected chi connectivity index (χ1v) is 11.4. The number of nitrogens with zero attached hydrogens (tertiary/aromatic N) is 5. The summed E-state index contributed by atoms with van der Waals surface area (Å²) in [5, 5.41) is 30.8. The van der Waals surface area contributed by atoms with Gasteiger partial charge in [-0.2, -0.15) is 4.31 Å². The number of aromatic hydroxyl groups is 1. The van der Waals surface area contributed by atoms with E-state index in [1.807, 2.05) is 19.1 Å². The molecular weight excluding hydrogens is 438 g/mol. The largest absolute Gasteiger partial charge is 0.493 e. The Morgan fingerprint density at radius 2 is 1.88 bits per heavy atom. The monoisotopic (exact) mass is 459 g/mol. The molecule has 0 aliphatic carbocycles. The second kappa shape index (κ2) is 8.65. The van der Waals surface area contributed by atoms with Crippen molar-refractivity contribution in [2.75, 3.05) is 26.3 Å². The van der Waals surface area contributed by atoms with Gasteiger partial charge < -0.3 is 14.4 Å². The molecule has 168 valence electrons. The maximum absolute atomic E-state index is 13.2. The molecule has 1 fully saturated rings. The zero-order chi connectivity index (χ0) is 22.9. The molecule has 0 bridgehead atoms. The molecule has 1 aromatic heterocycles. The Morgan fingerprint density at radius 1 is 1.16 bits per heavy atom. The number of hydrogen-bond donors (Lipinski definition) is 1. The number of non-ortho nitro benzene ring substituents is 1. The molecule has 1 aliphatic rings. The summed E-state index contributed by atoms with van der Waals surface area (Å²) in [5.74, 6) is -0.100. The van der Waals surface area contributed by atoms with E-state index in [1.165, 1.54) is 16.4 Å². The van der Waals surface area contributed by atoms with E-state index in [-0.39, 0.29) is 54.1 Å². The average molecular weight is 459 g/mol. The Kier molecular flexibility index (Phi) is 5.91. The van der Waals surface area contributed by atoms with Crippen molar-refractivity contribution in [3.8, 4) is 5.88 Å². The Hall–Kier alpha value is -3.35. The lowest BCUT2D eigenvalue weighted by atomic mass is 10.2. The Balaban J connectivity index is 1.83. The van der Waals surface area contributed by atoms with Crippen LogP contribution in [0.5, 0.6) is 5.88 Å². The first-order valence-electron chi connectivity index (χ1n) is 9.93. The normalized spacial score (nSPS) is 15.5. The number of ether oxygens (including phenoxy) is 1. The quantitative estimate of drug-likeness (QED) is 0.339. The fourth-order valence-corrected chi connectivity index (χ4v) is 5.18. The predicted molar refractivity (Wildman–Crippen MR) is 116 cm³/mol. The first-order chi connectivity index (χ1) is 15.3. The van der Waals surface area contributed by atoms with Crippen LogP contribution in [-0.4, -0.2) is 53.6 Å². The van der Waals surface area contributed by atoms with Crippen molar-refractivity contribution in [1.82, 2.24) is 8.87 Å². The third kappa shape index (κ3) is 3.83. The van der Waals surface area contributed by atoms with E-state index in [9.17, 15) is 23.6 Å². The van der Waals surface area contributed by atoms with E-state index in [1.54, 1.807) is 16.7 Å². The van der Waals surface area contributed by atoms with E-state index < -0.39 is 14.9 Å². The van der Waals surface area contributed by atoms with Crippen LogP contribution in [0.1, 0.15) is 6.92 Å². The number of sulfonamides is 1. The molecule has 4 rings (SSSR count). The molecule has 0 amide bonds. The molecule has 11 nitrogen and oxygen atoms in total. The van der Waals surface area contributed by atoms with E-state index in [4.69, 9.17) is 4.74 Å². The van der Waals surface area contributed by atoms with Gasteiger partial charge in [-0.3, -0.25) is 10.1 Å². The van der Waals surface area contributed by atoms with Gasteiger partial charge in [0.2, 0.25) is 15.9 Å². The number of para-hydroxylation sites is 1. The van der Waals surface area contributed by atoms with Gasteiger partial charge in [0.25, 0.3) is 5.69 Å². The van der Waals surface area contributed by atoms with Gasteiger partial charge in [-0.15, -0.1) is 10.2 Å². The van der Waals surface area contributed by atoms with Gasteiger partial charge in [-0.1, -0.05) is 18.2 Å². The number of benzene rings is 2. The first kappa shape index (κ1) is 21.9. The van der Waals surface area contributed by atoms with Crippen LogP contribution in [0.15, 0.2) is 57.6 Å². The lowest BCUT2D eigenvalue weighted by molar-refractivity contribution is -0.385. The lowest BCUT2D eigenvalue weighted by Gasteiger charge is -2.26. The molecule has 32 heavy (non-hydrogen) atoms. The van der Waals surface area contributed by atoms with E-state index in [2.05, 4.69) is 10.2 Å². The molecule has 1 N–H and O–H groups in total. The highest BCUT2D eigenvalue weighted by molar-refractivity contribution is 7.89. The Labute approximate surface area is 183 Å². The van der Waals surface area contributed by atoms with E-state index >= 15 is 0 Å². The molecule has 2 aromatic carbocycles. The average Bonchev–Trinajstić information content (AvgIpc) is 3.08. The highest BCUT2D eigenvalue weighted by Crippen LogP contribution is 2.40. The van der Waals surface area contributed by atoms with Crippen LogP contribution in [-0.2, 0) is 21.3 Å². The van der Waals surface area contributed by atoms with Gasteiger partial charge in [0.1, 0.15) is 10.6 Å². The predicted octanol–water partition coefficient (Wildman–Crippen LogP) is 3.71. The molecule has 0 atom stereocenters. The van der Waals surface area contributed by atoms with Crippen LogP contribution in [0, 0.1) is 10.1 Å². The van der Waals surface area contributed by atoms with Gasteiger partial charge in [-0.05, 0) is 19.1 Å². The number of fused-ring (bicyclic) bond motifs is 1. The molecule has 2 heterocycles. The maximum atomic E-state index is 13.2. The van der Waals surface area contributed by atoms with Crippen molar-refractivity contribution < 1.29 is 23.2 Å². The minimum atomic E-state index is -4.08. The lowest BCUT2D eigenvalue weighted by Crippen LogP contribution is -2.40. The van der Waals surface area contributed by atoms with Crippen LogP contribution in [0.25, 0.3) is 10.9 Å². The van der Waals surface area contributed by atoms with Crippen LogP contribution in [0.3, 0.4) is 0 Å². The van der Waals surface area contributed by atoms with Crippen LogP contribution in [0.4, 0.5) is 17.1 Å². The standard InChI is InChI=1S/C20H21N5O6S/c1-2-24-17-6-4-3-5-15(17)19(20(24)26)22-21-16-8-7-14(25(27)28)13-18(16)32(29,30)23-9-11-31-12-10-23/h3-8,13,26H,2,9-12H2,1H3. The second-order valence-corrected chi connectivity index (χ2v) is 8.97. The summed E-state index contributed by atoms with van der Waals surface area (Å²) < 4.78 is 34.5. The third-order valence-electron chi connectivity index (χ3n) is 5.23. The fourth-order valence-electron chi connectivity index (χ4n) is 3.63. The third-order valence-corrected chi connectivity index (χ3v) is 7.16. The Bertz CT molecular complexity index is 1310. The fraction of sp³-hybridized carbons (Fsp3) is 0.300. The molecular formula is C20H21N5O6S. The van der Waals surface area contributed by atoms with Crippen LogP contribution in [0.2, 0.25) is 0 Å². The van der Waals surface area contributed by atoms with Crippen molar-refractivity contribution in [1.29, 1.82) is 0 Å². The van der Waals surface area contributed by atoms with Gasteiger partial charge >= 0.3 is 0 Å². The molecule has 12 heteroatoms. The van der Waals surface area contributed by atoms with Gasteiger partial charge in [0.15, 0.2) is 5.69 Å². The number of nitro benzene ring substituents is 1. The van der Waals surface area contributed by atoms with Crippen LogP contribution < -0.4 is 0 Å². The highest BCUT2D eigenvalue weighted by atomic mass is 32.2. The minimum absolute atomic E-state index is 0.0604. The van der Waals surface area contributed by atoms with Crippen LogP contribution >= 0.6 is 0 Å². The number of aryl methyl sites for hydroxylation is 1. The van der Waals surface area contributed by atoms with Crippen molar-refractivity contribution in [3.05, 3.63) is 52.6 Å². The highest BCUT2D eigenvalue weighted by Gasteiger charge is 2.30. The maximum Gasteiger partial charge on any atom is 0.270 e. The number of hydrogen-bond acceptors (Lipinski definition) is 8. The molecule has 1 aliphatic heterocycles. The summed E-state index contributed by atoms with van der Waals surface area (Å²) in [5.41, 5.74) is 0.512. The van der Waals surface area contributed by atoms with E-state index in [0.29, 0.717) is 11.9 Å². The van der Waals surface area contributed by atoms with Gasteiger partial charge in [0.05, 0.1) is 23.7 Å². The molecule has 3 aromatic rings. The van der Waals surface area contributed by atoms with Gasteiger partial charge in [0, 0.05) is 37.2 Å². The molecule has 0 saturated carbocycles. The number of azo groups is 1. The summed E-state index contributed by atoms with van der Waals surface area (Å²) in [4.78, 5) is 10.3. The minimum Gasteiger partial charge on any atom is -0.493 e. The second-order valence-electron chi connectivity index (χ2n) is 7.06. The zero-order valence-electron chi connectivity index (χ0n) is 17.2. The number of nitro groups is 1. The van der Waals surface area contributed by atoms with E-state index in [0.717, 1.165) is 11.6 Å². The summed E-state index contributed by atoms with van der Waals surface area (Å²) in [6.45, 7) is 3.09. The molecule has 1 saturated heterocycles. The smallest absolute Gasteiger partial charge is 0.270 e. The number of aromatic nitrogens is 1. The SMILES string of the molecule is CCn1c(O)c(N=Nc2ccc([N+](=O)[O-])cc2S(=O)(=O)N2CCOCC2)c2ccccc21. The summed E-state index contributed by atoms with van der Waals surface area (Å²) >= 11 is 0. The molecule has 0 radical (unpaired) electrons. The summed E-state index contributed by atoms with van der Waals surface area (Å²) in [6.07, 6.45) is 0. The summed E-state index contributed by atoms with van der Waals surface area (Å²) in [6, 6.07) is 10.6. The van der Waals surface area contributed by atoms with Crippen molar-refractivity contribution >= 4 is 38.0 Å². The molecule has 0 unspecified atom stereocenters. The van der Waals surface area contributed by atoms with Gasteiger partial charge in [-0.25, -0.2) is 8.42 Å². The molecule has 0 spiro atoms. The topological polar surface area (TPSA) is 140 Å². The number of rotatable bonds is 6. The Morgan fingerprint density at radius 3 is 2.56 bits per heavy atom. The zero-order valence-corrected chi connectivity index (χ0v) is 18.0. The van der Waals surface area contributed by atoms with Crippen molar-refractivity contribution in [2.45, 2.75) is 18.4 Å². The van der Waals surface area contributed by atoms with Crippen molar-refractivity contribution in [2.24, 2.45) is 10.2 Å². The summed E-state index contributed by atoms with van der Waals surface area (Å²) in [7, 11) is -4.08.